The van der Waals surface area contributed by atoms with Crippen LogP contribution in [0, 0.1) is 0 Å². The third kappa shape index (κ3) is 4.66. The van der Waals surface area contributed by atoms with E-state index in [0.29, 0.717) is 11.6 Å². The SMILES string of the molecule is CC(c1cc2ccccc2o1)N(C)C(=O)Cc1csc(COc2ccc(Cl)cc2)n1. The maximum Gasteiger partial charge on any atom is 0.228 e. The molecule has 0 bridgehead atoms. The van der Waals surface area contributed by atoms with E-state index < -0.39 is 0 Å². The second-order valence-corrected chi connectivity index (χ2v) is 8.40. The predicted molar refractivity (Wildman–Crippen MR) is 119 cm³/mol. The molecule has 2 aromatic carbocycles. The van der Waals surface area contributed by atoms with Gasteiger partial charge in [-0.1, -0.05) is 29.8 Å². The second kappa shape index (κ2) is 8.90. The topological polar surface area (TPSA) is 55.6 Å². The van der Waals surface area contributed by atoms with Crippen LogP contribution in [0.1, 0.15) is 29.4 Å². The van der Waals surface area contributed by atoms with Gasteiger partial charge in [-0.3, -0.25) is 4.79 Å². The first kappa shape index (κ1) is 20.4. The molecule has 0 saturated heterocycles. The number of benzene rings is 2. The van der Waals surface area contributed by atoms with Crippen molar-refractivity contribution in [3.05, 3.63) is 81.5 Å². The van der Waals surface area contributed by atoms with E-state index in [1.54, 1.807) is 24.1 Å². The highest BCUT2D eigenvalue weighted by molar-refractivity contribution is 7.09. The molecule has 4 rings (SSSR count). The van der Waals surface area contributed by atoms with E-state index in [1.807, 2.05) is 54.8 Å². The first-order valence-electron chi connectivity index (χ1n) is 9.55. The average molecular weight is 441 g/mol. The molecule has 154 valence electrons. The van der Waals surface area contributed by atoms with E-state index in [2.05, 4.69) is 4.98 Å². The van der Waals surface area contributed by atoms with Crippen molar-refractivity contribution in [1.82, 2.24) is 9.88 Å². The van der Waals surface area contributed by atoms with Crippen molar-refractivity contribution in [3.8, 4) is 5.75 Å². The molecule has 4 aromatic rings. The average Bonchev–Trinajstić information content (AvgIpc) is 3.39. The van der Waals surface area contributed by atoms with E-state index in [-0.39, 0.29) is 18.4 Å². The number of carbonyl (C=O) groups is 1. The maximum atomic E-state index is 12.8. The molecule has 1 amide bonds. The Kier molecular flexibility index (Phi) is 6.06. The maximum absolute atomic E-state index is 12.8. The van der Waals surface area contributed by atoms with E-state index in [1.165, 1.54) is 11.3 Å². The quantitative estimate of drug-likeness (QED) is 0.360. The summed E-state index contributed by atoms with van der Waals surface area (Å²) in [5.41, 5.74) is 1.56. The van der Waals surface area contributed by atoms with Gasteiger partial charge in [0.2, 0.25) is 5.91 Å². The number of likely N-dealkylation sites (N-methyl/N-ethyl adjacent to an activating group) is 1. The summed E-state index contributed by atoms with van der Waals surface area (Å²) < 4.78 is 11.6. The van der Waals surface area contributed by atoms with Crippen molar-refractivity contribution >= 4 is 39.8 Å². The smallest absolute Gasteiger partial charge is 0.228 e. The minimum Gasteiger partial charge on any atom is -0.486 e. The first-order valence-corrected chi connectivity index (χ1v) is 10.8. The summed E-state index contributed by atoms with van der Waals surface area (Å²) in [5.74, 6) is 1.48. The number of hydrogen-bond acceptors (Lipinski definition) is 5. The highest BCUT2D eigenvalue weighted by Crippen LogP contribution is 2.27. The third-order valence-electron chi connectivity index (χ3n) is 4.94. The van der Waals surface area contributed by atoms with Gasteiger partial charge < -0.3 is 14.1 Å². The fourth-order valence-electron chi connectivity index (χ4n) is 3.07. The number of hydrogen-bond donors (Lipinski definition) is 0. The molecule has 2 aromatic heterocycles. The van der Waals surface area contributed by atoms with Crippen molar-refractivity contribution in [3.63, 3.8) is 0 Å². The van der Waals surface area contributed by atoms with E-state index in [0.717, 1.165) is 33.2 Å². The Morgan fingerprint density at radius 2 is 2.00 bits per heavy atom. The lowest BCUT2D eigenvalue weighted by atomic mass is 10.2. The lowest BCUT2D eigenvalue weighted by molar-refractivity contribution is -0.131. The fourth-order valence-corrected chi connectivity index (χ4v) is 3.90. The highest BCUT2D eigenvalue weighted by atomic mass is 35.5. The summed E-state index contributed by atoms with van der Waals surface area (Å²) in [5, 5.41) is 4.42. The van der Waals surface area contributed by atoms with Crippen molar-refractivity contribution in [2.24, 2.45) is 0 Å². The number of ether oxygens (including phenoxy) is 1. The first-order chi connectivity index (χ1) is 14.5. The minimum atomic E-state index is -0.170. The van der Waals surface area contributed by atoms with Crippen LogP contribution in [0.4, 0.5) is 0 Å². The highest BCUT2D eigenvalue weighted by Gasteiger charge is 2.21. The number of para-hydroxylation sites is 1. The Morgan fingerprint density at radius 1 is 1.23 bits per heavy atom. The van der Waals surface area contributed by atoms with Gasteiger partial charge >= 0.3 is 0 Å². The van der Waals surface area contributed by atoms with Crippen molar-refractivity contribution in [2.45, 2.75) is 26.0 Å². The van der Waals surface area contributed by atoms with Gasteiger partial charge in [-0.25, -0.2) is 4.98 Å². The Balaban J connectivity index is 1.35. The van der Waals surface area contributed by atoms with Gasteiger partial charge in [0.05, 0.1) is 18.2 Å². The lowest BCUT2D eigenvalue weighted by Crippen LogP contribution is -2.30. The molecule has 0 aliphatic carbocycles. The summed E-state index contributed by atoms with van der Waals surface area (Å²) in [4.78, 5) is 19.0. The molecule has 0 spiro atoms. The molecule has 5 nitrogen and oxygen atoms in total. The second-order valence-electron chi connectivity index (χ2n) is 7.02. The van der Waals surface area contributed by atoms with Crippen molar-refractivity contribution < 1.29 is 13.9 Å². The van der Waals surface area contributed by atoms with Crippen LogP contribution in [0.15, 0.2) is 64.4 Å². The number of nitrogens with zero attached hydrogens (tertiary/aromatic N) is 2. The standard InChI is InChI=1S/C23H21ClN2O3S/c1-15(21-11-16-5-3-4-6-20(16)29-21)26(2)23(27)12-18-14-30-22(25-18)13-28-19-9-7-17(24)8-10-19/h3-11,14-15H,12-13H2,1-2H3. The summed E-state index contributed by atoms with van der Waals surface area (Å²) >= 11 is 7.36. The van der Waals surface area contributed by atoms with Crippen LogP contribution >= 0.6 is 22.9 Å². The number of aromatic nitrogens is 1. The monoisotopic (exact) mass is 440 g/mol. The zero-order valence-electron chi connectivity index (χ0n) is 16.7. The molecular weight excluding hydrogens is 420 g/mol. The summed E-state index contributed by atoms with van der Waals surface area (Å²) in [6, 6.07) is 16.8. The molecule has 0 aliphatic rings. The normalized spacial score (nSPS) is 12.1. The number of thiazole rings is 1. The van der Waals surface area contributed by atoms with Crippen LogP contribution in [0.5, 0.6) is 5.75 Å². The number of amides is 1. The van der Waals surface area contributed by atoms with Gasteiger partial charge in [0, 0.05) is 22.8 Å². The molecule has 1 atom stereocenters. The zero-order valence-corrected chi connectivity index (χ0v) is 18.2. The van der Waals surface area contributed by atoms with Crippen LogP contribution in [0.2, 0.25) is 5.02 Å². The molecule has 0 saturated carbocycles. The molecule has 1 unspecified atom stereocenters. The summed E-state index contributed by atoms with van der Waals surface area (Å²) in [6.45, 7) is 2.31. The van der Waals surface area contributed by atoms with Crippen LogP contribution in [0.25, 0.3) is 11.0 Å². The predicted octanol–water partition coefficient (Wildman–Crippen LogP) is 5.88. The van der Waals surface area contributed by atoms with Gasteiger partial charge in [-0.2, -0.15) is 0 Å². The fraction of sp³-hybridized carbons (Fsp3) is 0.217. The van der Waals surface area contributed by atoms with Gasteiger partial charge in [-0.05, 0) is 43.3 Å². The Labute approximate surface area is 183 Å². The number of halogens is 1. The molecular formula is C23H21ClN2O3S. The number of fused-ring (bicyclic) bond motifs is 1. The third-order valence-corrected chi connectivity index (χ3v) is 6.06. The van der Waals surface area contributed by atoms with Crippen LogP contribution < -0.4 is 4.74 Å². The Hall–Kier alpha value is -2.83. The largest absolute Gasteiger partial charge is 0.486 e. The lowest BCUT2D eigenvalue weighted by Gasteiger charge is -2.23. The molecule has 0 aliphatic heterocycles. The van der Waals surface area contributed by atoms with Crippen molar-refractivity contribution in [2.75, 3.05) is 7.05 Å². The van der Waals surface area contributed by atoms with Crippen LogP contribution in [0.3, 0.4) is 0 Å². The Bertz CT molecular complexity index is 1120. The number of carbonyl (C=O) groups excluding carboxylic acids is 1. The van der Waals surface area contributed by atoms with Gasteiger partial charge in [0.1, 0.15) is 28.7 Å². The minimum absolute atomic E-state index is 0.0153. The number of rotatable bonds is 7. The van der Waals surface area contributed by atoms with Gasteiger partial charge in [0.25, 0.3) is 0 Å². The molecule has 2 heterocycles. The van der Waals surface area contributed by atoms with Crippen molar-refractivity contribution in [1.29, 1.82) is 0 Å². The zero-order chi connectivity index (χ0) is 21.1. The Morgan fingerprint density at radius 3 is 2.77 bits per heavy atom. The van der Waals surface area contributed by atoms with Gasteiger partial charge in [-0.15, -0.1) is 11.3 Å². The molecule has 0 fully saturated rings. The summed E-state index contributed by atoms with van der Waals surface area (Å²) in [6.07, 6.45) is 0.235. The van der Waals surface area contributed by atoms with Crippen LogP contribution in [-0.4, -0.2) is 22.8 Å². The molecule has 30 heavy (non-hydrogen) atoms. The summed E-state index contributed by atoms with van der Waals surface area (Å²) in [7, 11) is 1.79. The van der Waals surface area contributed by atoms with E-state index >= 15 is 0 Å². The van der Waals surface area contributed by atoms with E-state index in [4.69, 9.17) is 20.8 Å². The molecule has 0 radical (unpaired) electrons. The molecule has 0 N–H and O–H groups in total. The van der Waals surface area contributed by atoms with E-state index in [9.17, 15) is 4.79 Å². The van der Waals surface area contributed by atoms with Gasteiger partial charge in [0.15, 0.2) is 0 Å². The molecule has 7 heteroatoms. The van der Waals surface area contributed by atoms with Crippen LogP contribution in [-0.2, 0) is 17.8 Å². The number of furan rings is 1.